The normalized spacial score (nSPS) is 10.2. The second-order valence-corrected chi connectivity index (χ2v) is 4.53. The molecule has 0 atom stereocenters. The molecule has 2 aromatic carbocycles. The molecule has 3 N–H and O–H groups in total. The van der Waals surface area contributed by atoms with Crippen LogP contribution in [0.15, 0.2) is 48.5 Å². The minimum absolute atomic E-state index is 0.407. The summed E-state index contributed by atoms with van der Waals surface area (Å²) < 4.78 is 5.73. The maximum Gasteiger partial charge on any atom is 0.248 e. The molecule has 0 bridgehead atoms. The highest BCUT2D eigenvalue weighted by molar-refractivity contribution is 5.92. The van der Waals surface area contributed by atoms with Crippen LogP contribution >= 0.6 is 0 Å². The van der Waals surface area contributed by atoms with E-state index in [4.69, 9.17) is 10.5 Å². The molecule has 0 aliphatic rings. The molecule has 0 aliphatic heterocycles. The number of amides is 1. The van der Waals surface area contributed by atoms with E-state index in [0.717, 1.165) is 23.4 Å². The lowest BCUT2D eigenvalue weighted by atomic mass is 10.1. The van der Waals surface area contributed by atoms with Crippen molar-refractivity contribution >= 4 is 5.91 Å². The number of hydrogen-bond donors (Lipinski definition) is 2. The van der Waals surface area contributed by atoms with Crippen LogP contribution in [-0.4, -0.2) is 13.0 Å². The number of benzene rings is 2. The number of primary amides is 1. The van der Waals surface area contributed by atoms with E-state index in [1.807, 2.05) is 37.4 Å². The van der Waals surface area contributed by atoms with Crippen molar-refractivity contribution in [2.75, 3.05) is 7.05 Å². The molecule has 0 saturated heterocycles. The Balaban J connectivity index is 2.03. The first-order valence-corrected chi connectivity index (χ1v) is 6.44. The summed E-state index contributed by atoms with van der Waals surface area (Å²) in [5.41, 5.74) is 7.83. The standard InChI is InChI=1S/C16H18N2O2/c1-18-10-12-4-3-7-15(9-12)20-11-13-5-2-6-14(8-13)16(17)19/h2-9,18H,10-11H2,1H3,(H2,17,19). The van der Waals surface area contributed by atoms with Gasteiger partial charge in [0.05, 0.1) is 0 Å². The van der Waals surface area contributed by atoms with E-state index in [1.165, 1.54) is 0 Å². The summed E-state index contributed by atoms with van der Waals surface area (Å²) in [6.45, 7) is 1.21. The summed E-state index contributed by atoms with van der Waals surface area (Å²) in [6, 6.07) is 15.1. The van der Waals surface area contributed by atoms with Crippen LogP contribution in [0.1, 0.15) is 21.5 Å². The highest BCUT2D eigenvalue weighted by Crippen LogP contribution is 2.15. The molecule has 0 unspecified atom stereocenters. The maximum atomic E-state index is 11.1. The topological polar surface area (TPSA) is 64.3 Å². The van der Waals surface area contributed by atoms with Crippen LogP contribution < -0.4 is 15.8 Å². The number of rotatable bonds is 6. The number of ether oxygens (including phenoxy) is 1. The van der Waals surface area contributed by atoms with Gasteiger partial charge in [-0.1, -0.05) is 24.3 Å². The molecule has 2 aromatic rings. The summed E-state index contributed by atoms with van der Waals surface area (Å²) in [5, 5.41) is 3.10. The van der Waals surface area contributed by atoms with Crippen molar-refractivity contribution in [3.05, 3.63) is 65.2 Å². The Morgan fingerprint density at radius 2 is 1.90 bits per heavy atom. The van der Waals surface area contributed by atoms with Crippen LogP contribution in [0.25, 0.3) is 0 Å². The van der Waals surface area contributed by atoms with Gasteiger partial charge in [-0.05, 0) is 42.4 Å². The Morgan fingerprint density at radius 3 is 2.65 bits per heavy atom. The molecule has 2 rings (SSSR count). The zero-order valence-corrected chi connectivity index (χ0v) is 11.4. The Kier molecular flexibility index (Phi) is 4.74. The molecular weight excluding hydrogens is 252 g/mol. The molecule has 4 heteroatoms. The fourth-order valence-corrected chi connectivity index (χ4v) is 1.93. The van der Waals surface area contributed by atoms with E-state index >= 15 is 0 Å². The molecule has 104 valence electrons. The number of carbonyl (C=O) groups is 1. The van der Waals surface area contributed by atoms with Gasteiger partial charge in [0, 0.05) is 12.1 Å². The third kappa shape index (κ3) is 3.83. The number of nitrogens with one attached hydrogen (secondary N) is 1. The molecule has 0 spiro atoms. The molecule has 0 radical (unpaired) electrons. The zero-order chi connectivity index (χ0) is 14.4. The van der Waals surface area contributed by atoms with Gasteiger partial charge in [0.2, 0.25) is 5.91 Å². The van der Waals surface area contributed by atoms with E-state index in [0.29, 0.717) is 12.2 Å². The van der Waals surface area contributed by atoms with Crippen LogP contribution in [-0.2, 0) is 13.2 Å². The largest absolute Gasteiger partial charge is 0.489 e. The second kappa shape index (κ2) is 6.73. The van der Waals surface area contributed by atoms with Gasteiger partial charge >= 0.3 is 0 Å². The van der Waals surface area contributed by atoms with Crippen molar-refractivity contribution in [1.29, 1.82) is 0 Å². The molecule has 0 saturated carbocycles. The highest BCUT2D eigenvalue weighted by Gasteiger charge is 2.02. The molecule has 1 amide bonds. The van der Waals surface area contributed by atoms with E-state index in [1.54, 1.807) is 18.2 Å². The van der Waals surface area contributed by atoms with Crippen molar-refractivity contribution in [1.82, 2.24) is 5.32 Å². The Bertz CT molecular complexity index is 597. The highest BCUT2D eigenvalue weighted by atomic mass is 16.5. The third-order valence-corrected chi connectivity index (χ3v) is 2.90. The van der Waals surface area contributed by atoms with E-state index in [9.17, 15) is 4.79 Å². The fraction of sp³-hybridized carbons (Fsp3) is 0.188. The van der Waals surface area contributed by atoms with Crippen LogP contribution in [0, 0.1) is 0 Å². The Hall–Kier alpha value is -2.33. The minimum Gasteiger partial charge on any atom is -0.489 e. The maximum absolute atomic E-state index is 11.1. The average molecular weight is 270 g/mol. The lowest BCUT2D eigenvalue weighted by molar-refractivity contribution is 0.1000. The van der Waals surface area contributed by atoms with Crippen molar-refractivity contribution in [3.63, 3.8) is 0 Å². The van der Waals surface area contributed by atoms with E-state index in [-0.39, 0.29) is 0 Å². The van der Waals surface area contributed by atoms with Gasteiger partial charge in [0.25, 0.3) is 0 Å². The molecule has 0 aliphatic carbocycles. The summed E-state index contributed by atoms with van der Waals surface area (Å²) in [7, 11) is 1.91. The minimum atomic E-state index is -0.428. The first-order valence-electron chi connectivity index (χ1n) is 6.44. The molecular formula is C16H18N2O2. The number of hydrogen-bond acceptors (Lipinski definition) is 3. The van der Waals surface area contributed by atoms with Gasteiger partial charge in [-0.2, -0.15) is 0 Å². The summed E-state index contributed by atoms with van der Waals surface area (Å²) in [4.78, 5) is 11.1. The number of nitrogens with two attached hydrogens (primary N) is 1. The first kappa shape index (κ1) is 14.1. The molecule has 20 heavy (non-hydrogen) atoms. The van der Waals surface area contributed by atoms with E-state index in [2.05, 4.69) is 5.32 Å². The zero-order valence-electron chi connectivity index (χ0n) is 11.4. The number of carbonyl (C=O) groups excluding carboxylic acids is 1. The molecule has 0 aromatic heterocycles. The van der Waals surface area contributed by atoms with Crippen molar-refractivity contribution in [2.45, 2.75) is 13.2 Å². The van der Waals surface area contributed by atoms with Gasteiger partial charge in [-0.3, -0.25) is 4.79 Å². The predicted octanol–water partition coefficient (Wildman–Crippen LogP) is 2.08. The SMILES string of the molecule is CNCc1cccc(OCc2cccc(C(N)=O)c2)c1. The molecule has 4 nitrogen and oxygen atoms in total. The van der Waals surface area contributed by atoms with Crippen molar-refractivity contribution < 1.29 is 9.53 Å². The summed E-state index contributed by atoms with van der Waals surface area (Å²) in [6.07, 6.45) is 0. The van der Waals surface area contributed by atoms with Crippen molar-refractivity contribution in [3.8, 4) is 5.75 Å². The van der Waals surface area contributed by atoms with Gasteiger partial charge in [0.15, 0.2) is 0 Å². The summed E-state index contributed by atoms with van der Waals surface area (Å²) >= 11 is 0. The van der Waals surface area contributed by atoms with Crippen molar-refractivity contribution in [2.24, 2.45) is 5.73 Å². The fourth-order valence-electron chi connectivity index (χ4n) is 1.93. The van der Waals surface area contributed by atoms with Crippen LogP contribution in [0.3, 0.4) is 0 Å². The van der Waals surface area contributed by atoms with Gasteiger partial charge < -0.3 is 15.8 Å². The predicted molar refractivity (Wildman–Crippen MR) is 78.5 cm³/mol. The summed E-state index contributed by atoms with van der Waals surface area (Å²) in [5.74, 6) is 0.380. The monoisotopic (exact) mass is 270 g/mol. The average Bonchev–Trinajstić information content (AvgIpc) is 2.46. The Labute approximate surface area is 118 Å². The van der Waals surface area contributed by atoms with Gasteiger partial charge in [-0.15, -0.1) is 0 Å². The van der Waals surface area contributed by atoms with Gasteiger partial charge in [0.1, 0.15) is 12.4 Å². The second-order valence-electron chi connectivity index (χ2n) is 4.53. The lowest BCUT2D eigenvalue weighted by Gasteiger charge is -2.08. The quantitative estimate of drug-likeness (QED) is 0.844. The van der Waals surface area contributed by atoms with Gasteiger partial charge in [-0.25, -0.2) is 0 Å². The first-order chi connectivity index (χ1) is 9.69. The molecule has 0 fully saturated rings. The Morgan fingerprint density at radius 1 is 1.15 bits per heavy atom. The van der Waals surface area contributed by atoms with E-state index < -0.39 is 5.91 Å². The third-order valence-electron chi connectivity index (χ3n) is 2.90. The molecule has 0 heterocycles. The smallest absolute Gasteiger partial charge is 0.248 e. The lowest BCUT2D eigenvalue weighted by Crippen LogP contribution is -2.11. The van der Waals surface area contributed by atoms with Crippen LogP contribution in [0.5, 0.6) is 5.75 Å². The van der Waals surface area contributed by atoms with Crippen LogP contribution in [0.2, 0.25) is 0 Å². The van der Waals surface area contributed by atoms with Crippen LogP contribution in [0.4, 0.5) is 0 Å².